The molecule has 0 spiro atoms. The summed E-state index contributed by atoms with van der Waals surface area (Å²) in [7, 11) is 0. The molecule has 0 atom stereocenters. The minimum absolute atomic E-state index is 0.0708. The van der Waals surface area contributed by atoms with Gasteiger partial charge in [0.25, 0.3) is 0 Å². The van der Waals surface area contributed by atoms with Gasteiger partial charge in [-0.05, 0) is 19.8 Å². The lowest BCUT2D eigenvalue weighted by Crippen LogP contribution is -2.36. The molecule has 5 heteroatoms. The van der Waals surface area contributed by atoms with Gasteiger partial charge < -0.3 is 10.6 Å². The number of aromatic nitrogens is 1. The molecule has 4 nitrogen and oxygen atoms in total. The molecule has 1 aliphatic carbocycles. The number of amides is 2. The van der Waals surface area contributed by atoms with Gasteiger partial charge >= 0.3 is 6.03 Å². The number of carbonyl (C=O) groups is 1. The van der Waals surface area contributed by atoms with Crippen LogP contribution in [-0.4, -0.2) is 17.1 Å². The highest BCUT2D eigenvalue weighted by atomic mass is 32.1. The monoisotopic (exact) mass is 211 g/mol. The van der Waals surface area contributed by atoms with Crippen LogP contribution in [0.25, 0.3) is 0 Å². The molecular formula is C9H13N3OS. The van der Waals surface area contributed by atoms with Crippen LogP contribution in [0.1, 0.15) is 22.7 Å². The molecule has 2 rings (SSSR count). The Kier molecular flexibility index (Phi) is 2.67. The Morgan fingerprint density at radius 2 is 2.50 bits per heavy atom. The number of nitrogens with one attached hydrogen (secondary N) is 2. The van der Waals surface area contributed by atoms with Gasteiger partial charge in [0.1, 0.15) is 0 Å². The smallest absolute Gasteiger partial charge is 0.315 e. The van der Waals surface area contributed by atoms with Crippen molar-refractivity contribution in [3.8, 4) is 0 Å². The average Bonchev–Trinajstić information content (AvgIpc) is 2.85. The molecule has 1 heterocycles. The van der Waals surface area contributed by atoms with Gasteiger partial charge in [0.15, 0.2) is 0 Å². The largest absolute Gasteiger partial charge is 0.335 e. The molecule has 2 amide bonds. The molecule has 76 valence electrons. The third-order valence-corrected chi connectivity index (χ3v) is 2.92. The Morgan fingerprint density at radius 1 is 1.71 bits per heavy atom. The molecule has 2 N–H and O–H groups in total. The Morgan fingerprint density at radius 3 is 3.07 bits per heavy atom. The molecule has 0 unspecified atom stereocenters. The zero-order valence-corrected chi connectivity index (χ0v) is 8.86. The fraction of sp³-hybridized carbons (Fsp3) is 0.556. The zero-order chi connectivity index (χ0) is 9.97. The molecular weight excluding hydrogens is 198 g/mol. The number of hydrogen-bond acceptors (Lipinski definition) is 3. The molecule has 0 saturated heterocycles. The van der Waals surface area contributed by atoms with Gasteiger partial charge in [-0.25, -0.2) is 9.78 Å². The van der Waals surface area contributed by atoms with Gasteiger partial charge in [0.2, 0.25) is 0 Å². The lowest BCUT2D eigenvalue weighted by atomic mass is 10.5. The van der Waals surface area contributed by atoms with E-state index in [0.29, 0.717) is 12.6 Å². The van der Waals surface area contributed by atoms with E-state index in [-0.39, 0.29) is 6.03 Å². The van der Waals surface area contributed by atoms with Crippen LogP contribution in [0, 0.1) is 6.92 Å². The second-order valence-electron chi connectivity index (χ2n) is 3.45. The van der Waals surface area contributed by atoms with Crippen molar-refractivity contribution in [2.75, 3.05) is 0 Å². The van der Waals surface area contributed by atoms with Gasteiger partial charge in [0, 0.05) is 17.1 Å². The zero-order valence-electron chi connectivity index (χ0n) is 8.04. The highest BCUT2D eigenvalue weighted by Gasteiger charge is 2.22. The van der Waals surface area contributed by atoms with Crippen LogP contribution in [0.2, 0.25) is 0 Å². The molecule has 1 saturated carbocycles. The SMILES string of the molecule is Cc1ncc(CNC(=O)NC2CC2)s1. The van der Waals surface area contributed by atoms with Gasteiger partial charge in [-0.1, -0.05) is 0 Å². The molecule has 1 aliphatic rings. The van der Waals surface area contributed by atoms with Crippen LogP contribution < -0.4 is 10.6 Å². The van der Waals surface area contributed by atoms with Gasteiger partial charge in [-0.2, -0.15) is 0 Å². The lowest BCUT2D eigenvalue weighted by Gasteiger charge is -2.03. The van der Waals surface area contributed by atoms with Gasteiger partial charge in [0.05, 0.1) is 11.6 Å². The van der Waals surface area contributed by atoms with Crippen molar-refractivity contribution < 1.29 is 4.79 Å². The number of rotatable bonds is 3. The van der Waals surface area contributed by atoms with Crippen LogP contribution in [0.5, 0.6) is 0 Å². The molecule has 14 heavy (non-hydrogen) atoms. The highest BCUT2D eigenvalue weighted by molar-refractivity contribution is 7.11. The van der Waals surface area contributed by atoms with Gasteiger partial charge in [-0.3, -0.25) is 0 Å². The maximum absolute atomic E-state index is 11.2. The van der Waals surface area contributed by atoms with Crippen molar-refractivity contribution in [3.63, 3.8) is 0 Å². The van der Waals surface area contributed by atoms with E-state index in [2.05, 4.69) is 15.6 Å². The van der Waals surface area contributed by atoms with Crippen molar-refractivity contribution >= 4 is 17.4 Å². The first-order chi connectivity index (χ1) is 6.74. The van der Waals surface area contributed by atoms with Crippen molar-refractivity contribution in [2.24, 2.45) is 0 Å². The number of thiazole rings is 1. The first-order valence-electron chi connectivity index (χ1n) is 4.70. The van der Waals surface area contributed by atoms with E-state index in [4.69, 9.17) is 0 Å². The topological polar surface area (TPSA) is 54.0 Å². The Labute approximate surface area is 86.7 Å². The Balaban J connectivity index is 1.73. The van der Waals surface area contributed by atoms with Crippen molar-refractivity contribution in [1.29, 1.82) is 0 Å². The molecule has 0 aliphatic heterocycles. The van der Waals surface area contributed by atoms with E-state index in [1.54, 1.807) is 17.5 Å². The second-order valence-corrected chi connectivity index (χ2v) is 4.77. The standard InChI is InChI=1S/C9H13N3OS/c1-6-10-4-8(14-6)5-11-9(13)12-7-2-3-7/h4,7H,2-3,5H2,1H3,(H2,11,12,13). The van der Waals surface area contributed by atoms with Crippen molar-refractivity contribution in [1.82, 2.24) is 15.6 Å². The highest BCUT2D eigenvalue weighted by Crippen LogP contribution is 2.18. The number of urea groups is 1. The van der Waals surface area contributed by atoms with Gasteiger partial charge in [-0.15, -0.1) is 11.3 Å². The first-order valence-corrected chi connectivity index (χ1v) is 5.51. The van der Waals surface area contributed by atoms with Crippen molar-refractivity contribution in [2.45, 2.75) is 32.4 Å². The van der Waals surface area contributed by atoms with Crippen LogP contribution in [0.3, 0.4) is 0 Å². The number of aryl methyl sites for hydroxylation is 1. The van der Waals surface area contributed by atoms with E-state index in [1.807, 2.05) is 6.92 Å². The number of carbonyl (C=O) groups excluding carboxylic acids is 1. The van der Waals surface area contributed by atoms with E-state index in [1.165, 1.54) is 0 Å². The van der Waals surface area contributed by atoms with E-state index < -0.39 is 0 Å². The van der Waals surface area contributed by atoms with E-state index in [0.717, 1.165) is 22.7 Å². The summed E-state index contributed by atoms with van der Waals surface area (Å²) in [5.74, 6) is 0. The molecule has 0 radical (unpaired) electrons. The van der Waals surface area contributed by atoms with Crippen molar-refractivity contribution in [3.05, 3.63) is 16.1 Å². The normalized spacial score (nSPS) is 15.2. The summed E-state index contributed by atoms with van der Waals surface area (Å²) >= 11 is 1.61. The van der Waals surface area contributed by atoms with E-state index >= 15 is 0 Å². The summed E-state index contributed by atoms with van der Waals surface area (Å²) in [5.41, 5.74) is 0. The molecule has 1 fully saturated rings. The molecule has 0 bridgehead atoms. The number of hydrogen-bond donors (Lipinski definition) is 2. The third-order valence-electron chi connectivity index (χ3n) is 2.00. The summed E-state index contributed by atoms with van der Waals surface area (Å²) in [4.78, 5) is 16.4. The van der Waals surface area contributed by atoms with Crippen LogP contribution in [-0.2, 0) is 6.54 Å². The summed E-state index contributed by atoms with van der Waals surface area (Å²) in [6.07, 6.45) is 4.04. The van der Waals surface area contributed by atoms with E-state index in [9.17, 15) is 4.79 Å². The maximum atomic E-state index is 11.2. The summed E-state index contributed by atoms with van der Waals surface area (Å²) in [6, 6.07) is 0.344. The van der Waals surface area contributed by atoms with Crippen LogP contribution in [0.15, 0.2) is 6.20 Å². The predicted octanol–water partition coefficient (Wildman–Crippen LogP) is 1.41. The number of nitrogens with zero attached hydrogens (tertiary/aromatic N) is 1. The molecule has 1 aromatic rings. The Bertz CT molecular complexity index is 333. The molecule has 1 aromatic heterocycles. The fourth-order valence-electron chi connectivity index (χ4n) is 1.12. The Hall–Kier alpha value is -1.10. The second kappa shape index (κ2) is 3.96. The summed E-state index contributed by atoms with van der Waals surface area (Å²) < 4.78 is 0. The summed E-state index contributed by atoms with van der Waals surface area (Å²) in [6.45, 7) is 2.53. The van der Waals surface area contributed by atoms with Crippen LogP contribution >= 0.6 is 11.3 Å². The first kappa shape index (κ1) is 9.45. The lowest BCUT2D eigenvalue weighted by molar-refractivity contribution is 0.240. The van der Waals surface area contributed by atoms with Crippen LogP contribution in [0.4, 0.5) is 4.79 Å². The quantitative estimate of drug-likeness (QED) is 0.794. The minimum Gasteiger partial charge on any atom is -0.335 e. The average molecular weight is 211 g/mol. The minimum atomic E-state index is -0.0708. The maximum Gasteiger partial charge on any atom is 0.315 e. The fourth-order valence-corrected chi connectivity index (χ4v) is 1.85. The third kappa shape index (κ3) is 2.70. The molecule has 0 aromatic carbocycles. The summed E-state index contributed by atoms with van der Waals surface area (Å²) in [5, 5.41) is 6.70. The predicted molar refractivity (Wildman–Crippen MR) is 55.2 cm³/mol.